The van der Waals surface area contributed by atoms with Gasteiger partial charge in [0.25, 0.3) is 5.91 Å². The molecule has 9 heteroatoms. The maximum absolute atomic E-state index is 12.6. The third-order valence-electron chi connectivity index (χ3n) is 4.10. The third kappa shape index (κ3) is 3.81. The van der Waals surface area contributed by atoms with Crippen LogP contribution >= 0.6 is 23.2 Å². The maximum Gasteiger partial charge on any atom is 0.255 e. The molecule has 0 atom stereocenters. The van der Waals surface area contributed by atoms with E-state index in [0.29, 0.717) is 18.1 Å². The first-order valence-electron chi connectivity index (χ1n) is 7.88. The normalized spacial score (nSPS) is 15.2. The van der Waals surface area contributed by atoms with E-state index in [4.69, 9.17) is 23.2 Å². The summed E-state index contributed by atoms with van der Waals surface area (Å²) in [6.45, 7) is 0.933. The average molecular weight is 415 g/mol. The summed E-state index contributed by atoms with van der Waals surface area (Å²) in [5.41, 5.74) is 0.230. The second-order valence-electron chi connectivity index (χ2n) is 5.87. The molecule has 138 valence electrons. The number of aromatic hydroxyl groups is 1. The summed E-state index contributed by atoms with van der Waals surface area (Å²) in [7, 11) is -3.66. The van der Waals surface area contributed by atoms with Gasteiger partial charge in [-0.25, -0.2) is 8.42 Å². The van der Waals surface area contributed by atoms with Gasteiger partial charge in [-0.15, -0.1) is 0 Å². The van der Waals surface area contributed by atoms with E-state index in [0.717, 1.165) is 12.8 Å². The van der Waals surface area contributed by atoms with Gasteiger partial charge >= 0.3 is 0 Å². The van der Waals surface area contributed by atoms with Crippen LogP contribution < -0.4 is 5.32 Å². The Bertz CT molecular complexity index is 957. The largest absolute Gasteiger partial charge is 0.506 e. The average Bonchev–Trinajstić information content (AvgIpc) is 3.14. The zero-order valence-corrected chi connectivity index (χ0v) is 15.9. The summed E-state index contributed by atoms with van der Waals surface area (Å²) in [6, 6.07) is 8.16. The van der Waals surface area contributed by atoms with Gasteiger partial charge in [0.15, 0.2) is 0 Å². The number of nitrogens with zero attached hydrogens (tertiary/aromatic N) is 1. The van der Waals surface area contributed by atoms with Crippen LogP contribution in [0.4, 0.5) is 5.69 Å². The SMILES string of the molecule is O=C(Nc1cc(S(=O)(=O)N2CCCC2)ccc1O)c1ccc(Cl)c(Cl)c1. The van der Waals surface area contributed by atoms with Crippen molar-refractivity contribution in [2.24, 2.45) is 0 Å². The van der Waals surface area contributed by atoms with E-state index < -0.39 is 15.9 Å². The zero-order valence-electron chi connectivity index (χ0n) is 13.6. The lowest BCUT2D eigenvalue weighted by molar-refractivity contribution is 0.102. The van der Waals surface area contributed by atoms with Gasteiger partial charge < -0.3 is 10.4 Å². The fraction of sp³-hybridized carbons (Fsp3) is 0.235. The lowest BCUT2D eigenvalue weighted by Crippen LogP contribution is -2.28. The molecular formula is C17H16Cl2N2O4S. The Morgan fingerprint density at radius 2 is 1.73 bits per heavy atom. The highest BCUT2D eigenvalue weighted by Gasteiger charge is 2.28. The number of carbonyl (C=O) groups is 1. The third-order valence-corrected chi connectivity index (χ3v) is 6.73. The molecule has 0 unspecified atom stereocenters. The highest BCUT2D eigenvalue weighted by atomic mass is 35.5. The first-order chi connectivity index (χ1) is 12.3. The van der Waals surface area contributed by atoms with Crippen molar-refractivity contribution < 1.29 is 18.3 Å². The van der Waals surface area contributed by atoms with E-state index in [1.54, 1.807) is 0 Å². The number of halogens is 2. The molecule has 3 rings (SSSR count). The second kappa shape index (κ2) is 7.44. The van der Waals surface area contributed by atoms with Gasteiger partial charge in [-0.1, -0.05) is 23.2 Å². The van der Waals surface area contributed by atoms with Crippen LogP contribution in [-0.2, 0) is 10.0 Å². The lowest BCUT2D eigenvalue weighted by Gasteiger charge is -2.16. The van der Waals surface area contributed by atoms with E-state index in [9.17, 15) is 18.3 Å². The molecule has 1 saturated heterocycles. The van der Waals surface area contributed by atoms with Crippen LogP contribution in [0.1, 0.15) is 23.2 Å². The van der Waals surface area contributed by atoms with Crippen LogP contribution in [0.3, 0.4) is 0 Å². The monoisotopic (exact) mass is 414 g/mol. The zero-order chi connectivity index (χ0) is 18.9. The molecule has 2 aromatic carbocycles. The molecular weight excluding hydrogens is 399 g/mol. The number of nitrogens with one attached hydrogen (secondary N) is 1. The minimum absolute atomic E-state index is 0.00124. The van der Waals surface area contributed by atoms with E-state index in [2.05, 4.69) is 5.32 Å². The lowest BCUT2D eigenvalue weighted by atomic mass is 10.2. The Balaban J connectivity index is 1.88. The number of anilines is 1. The van der Waals surface area contributed by atoms with Crippen molar-refractivity contribution in [3.05, 3.63) is 52.0 Å². The Kier molecular flexibility index (Phi) is 5.43. The van der Waals surface area contributed by atoms with Crippen LogP contribution in [0.5, 0.6) is 5.75 Å². The number of benzene rings is 2. The molecule has 2 aromatic rings. The van der Waals surface area contributed by atoms with Crippen LogP contribution in [0.2, 0.25) is 10.0 Å². The molecule has 0 spiro atoms. The Morgan fingerprint density at radius 1 is 1.04 bits per heavy atom. The highest BCUT2D eigenvalue weighted by Crippen LogP contribution is 2.30. The number of phenolic OH excluding ortho intramolecular Hbond substituents is 1. The van der Waals surface area contributed by atoms with Crippen molar-refractivity contribution in [3.63, 3.8) is 0 Å². The fourth-order valence-corrected chi connectivity index (χ4v) is 4.53. The quantitative estimate of drug-likeness (QED) is 0.745. The molecule has 1 aliphatic rings. The summed E-state index contributed by atoms with van der Waals surface area (Å²) in [5.74, 6) is -0.784. The molecule has 6 nitrogen and oxygen atoms in total. The molecule has 1 heterocycles. The van der Waals surface area contributed by atoms with Crippen molar-refractivity contribution in [1.29, 1.82) is 0 Å². The Hall–Kier alpha value is -1.80. The first-order valence-corrected chi connectivity index (χ1v) is 10.1. The number of amides is 1. The van der Waals surface area contributed by atoms with Crippen LogP contribution in [0.25, 0.3) is 0 Å². The fourth-order valence-electron chi connectivity index (χ4n) is 2.69. The molecule has 0 radical (unpaired) electrons. The summed E-state index contributed by atoms with van der Waals surface area (Å²) in [6.07, 6.45) is 1.64. The molecule has 0 saturated carbocycles. The molecule has 0 bridgehead atoms. The van der Waals surface area contributed by atoms with Crippen LogP contribution in [-0.4, -0.2) is 36.8 Å². The van der Waals surface area contributed by atoms with Crippen molar-refractivity contribution >= 4 is 44.8 Å². The van der Waals surface area contributed by atoms with Crippen molar-refractivity contribution in [3.8, 4) is 5.75 Å². The van der Waals surface area contributed by atoms with Crippen LogP contribution in [0, 0.1) is 0 Å². The molecule has 0 aliphatic carbocycles. The predicted molar refractivity (Wildman–Crippen MR) is 101 cm³/mol. The summed E-state index contributed by atoms with van der Waals surface area (Å²) >= 11 is 11.7. The van der Waals surface area contributed by atoms with E-state index in [-0.39, 0.29) is 26.9 Å². The van der Waals surface area contributed by atoms with Crippen molar-refractivity contribution in [2.75, 3.05) is 18.4 Å². The van der Waals surface area contributed by atoms with E-state index in [1.807, 2.05) is 0 Å². The van der Waals surface area contributed by atoms with Crippen LogP contribution in [0.15, 0.2) is 41.3 Å². The number of phenols is 1. The topological polar surface area (TPSA) is 86.7 Å². The summed E-state index contributed by atoms with van der Waals surface area (Å²) < 4.78 is 26.7. The number of hydrogen-bond acceptors (Lipinski definition) is 4. The predicted octanol–water partition coefficient (Wildman–Crippen LogP) is 3.74. The van der Waals surface area contributed by atoms with Crippen molar-refractivity contribution in [2.45, 2.75) is 17.7 Å². The number of rotatable bonds is 4. The van der Waals surface area contributed by atoms with Crippen molar-refractivity contribution in [1.82, 2.24) is 4.31 Å². The number of sulfonamides is 1. The summed E-state index contributed by atoms with van der Waals surface area (Å²) in [5, 5.41) is 13.0. The smallest absolute Gasteiger partial charge is 0.255 e. The van der Waals surface area contributed by atoms with E-state index in [1.165, 1.54) is 40.7 Å². The van der Waals surface area contributed by atoms with Gasteiger partial charge in [-0.3, -0.25) is 4.79 Å². The minimum atomic E-state index is -3.66. The van der Waals surface area contributed by atoms with Gasteiger partial charge in [0, 0.05) is 18.7 Å². The van der Waals surface area contributed by atoms with Gasteiger partial charge in [0.05, 0.1) is 20.6 Å². The standard InChI is InChI=1S/C17H16Cl2N2O4S/c18-13-5-3-11(9-14(13)19)17(23)20-15-10-12(4-6-16(15)22)26(24,25)21-7-1-2-8-21/h3-6,9-10,22H,1-2,7-8H2,(H,20,23). The van der Waals surface area contributed by atoms with Gasteiger partial charge in [-0.2, -0.15) is 4.31 Å². The maximum atomic E-state index is 12.6. The van der Waals surface area contributed by atoms with Gasteiger partial charge in [-0.05, 0) is 49.2 Å². The molecule has 0 aromatic heterocycles. The van der Waals surface area contributed by atoms with Gasteiger partial charge in [0.2, 0.25) is 10.0 Å². The molecule has 1 aliphatic heterocycles. The molecule has 1 fully saturated rings. The number of hydrogen-bond donors (Lipinski definition) is 2. The number of carbonyl (C=O) groups excluding carboxylic acids is 1. The molecule has 26 heavy (non-hydrogen) atoms. The Morgan fingerprint density at radius 3 is 2.38 bits per heavy atom. The second-order valence-corrected chi connectivity index (χ2v) is 8.63. The summed E-state index contributed by atoms with van der Waals surface area (Å²) in [4.78, 5) is 12.4. The van der Waals surface area contributed by atoms with Gasteiger partial charge in [0.1, 0.15) is 5.75 Å². The van der Waals surface area contributed by atoms with E-state index >= 15 is 0 Å². The highest BCUT2D eigenvalue weighted by molar-refractivity contribution is 7.89. The molecule has 1 amide bonds. The Labute approximate surface area is 161 Å². The first kappa shape index (κ1) is 19.0. The minimum Gasteiger partial charge on any atom is -0.506 e. The molecule has 2 N–H and O–H groups in total.